The van der Waals surface area contributed by atoms with Crippen molar-refractivity contribution >= 4 is 20.1 Å². The van der Waals surface area contributed by atoms with Gasteiger partial charge in [0.05, 0.1) is 24.9 Å². The lowest BCUT2D eigenvalue weighted by molar-refractivity contribution is -0.0747. The fraction of sp³-hybridized carbons (Fsp3) is 0.818. The van der Waals surface area contributed by atoms with Crippen LogP contribution >= 0.6 is 11.8 Å². The Morgan fingerprint density at radius 1 is 1.31 bits per heavy atom. The molecule has 2 heterocycles. The predicted molar refractivity (Wildman–Crippen MR) is 69.0 cm³/mol. The van der Waals surface area contributed by atoms with Gasteiger partial charge >= 0.3 is 0 Å². The molecule has 0 aromatic carbocycles. The minimum atomic E-state index is -1.53. The smallest absolute Gasteiger partial charge is 0.241 e. The largest absolute Gasteiger partial charge is 0.547 e. The van der Waals surface area contributed by atoms with Crippen LogP contribution in [0.1, 0.15) is 0 Å². The van der Waals surface area contributed by atoms with Gasteiger partial charge in [-0.25, -0.2) is 0 Å². The SMILES string of the molecule is C[Si](C)(C)OC1=CCSCC1C1OCCO1. The van der Waals surface area contributed by atoms with Crippen LogP contribution in [-0.4, -0.2) is 39.3 Å². The standard InChI is InChI=1S/C11H20O3SSi/c1-16(2,3)14-10-4-7-15-8-9(10)11-12-5-6-13-11/h4,9,11H,5-8H2,1-3H3. The van der Waals surface area contributed by atoms with Crippen molar-refractivity contribution in [1.29, 1.82) is 0 Å². The van der Waals surface area contributed by atoms with Crippen LogP contribution in [0.3, 0.4) is 0 Å². The van der Waals surface area contributed by atoms with Crippen molar-refractivity contribution in [3.63, 3.8) is 0 Å². The summed E-state index contributed by atoms with van der Waals surface area (Å²) in [5, 5.41) is 0. The van der Waals surface area contributed by atoms with Gasteiger partial charge in [0.2, 0.25) is 8.32 Å². The van der Waals surface area contributed by atoms with Crippen molar-refractivity contribution in [1.82, 2.24) is 0 Å². The number of hydrogen-bond donors (Lipinski definition) is 0. The van der Waals surface area contributed by atoms with Gasteiger partial charge in [-0.05, 0) is 25.7 Å². The zero-order chi connectivity index (χ0) is 11.6. The summed E-state index contributed by atoms with van der Waals surface area (Å²) in [7, 11) is -1.53. The molecule has 1 fully saturated rings. The highest BCUT2D eigenvalue weighted by Crippen LogP contribution is 2.32. The van der Waals surface area contributed by atoms with E-state index in [0.717, 1.165) is 17.3 Å². The lowest BCUT2D eigenvalue weighted by Gasteiger charge is -2.32. The molecule has 0 amide bonds. The van der Waals surface area contributed by atoms with Gasteiger partial charge in [0, 0.05) is 11.5 Å². The highest BCUT2D eigenvalue weighted by Gasteiger charge is 2.34. The molecule has 16 heavy (non-hydrogen) atoms. The summed E-state index contributed by atoms with van der Waals surface area (Å²) in [5.41, 5.74) is 0. The molecule has 1 atom stereocenters. The molecule has 2 aliphatic heterocycles. The molecule has 0 spiro atoms. The second-order valence-electron chi connectivity index (χ2n) is 5.07. The lowest BCUT2D eigenvalue weighted by Crippen LogP contribution is -2.34. The second-order valence-corrected chi connectivity index (χ2v) is 10.6. The fourth-order valence-corrected chi connectivity index (χ4v) is 3.80. The summed E-state index contributed by atoms with van der Waals surface area (Å²) < 4.78 is 17.3. The predicted octanol–water partition coefficient (Wildman–Crippen LogP) is 2.46. The summed E-state index contributed by atoms with van der Waals surface area (Å²) in [6.45, 7) is 8.06. The van der Waals surface area contributed by atoms with Crippen molar-refractivity contribution in [2.75, 3.05) is 24.7 Å². The first-order valence-corrected chi connectivity index (χ1v) is 10.3. The highest BCUT2D eigenvalue weighted by atomic mass is 32.2. The summed E-state index contributed by atoms with van der Waals surface area (Å²) in [6, 6.07) is 0. The van der Waals surface area contributed by atoms with Gasteiger partial charge in [0.15, 0.2) is 6.29 Å². The second kappa shape index (κ2) is 5.12. The van der Waals surface area contributed by atoms with Crippen molar-refractivity contribution in [3.8, 4) is 0 Å². The maximum Gasteiger partial charge on any atom is 0.241 e. The Morgan fingerprint density at radius 3 is 2.62 bits per heavy atom. The van der Waals surface area contributed by atoms with Gasteiger partial charge in [0.1, 0.15) is 0 Å². The van der Waals surface area contributed by atoms with Gasteiger partial charge in [-0.3, -0.25) is 0 Å². The maximum absolute atomic E-state index is 6.13. The molecule has 0 radical (unpaired) electrons. The van der Waals surface area contributed by atoms with Crippen molar-refractivity contribution < 1.29 is 13.9 Å². The Hall–Kier alpha value is 0.0269. The molecule has 0 aromatic heterocycles. The molecule has 5 heteroatoms. The normalized spacial score (nSPS) is 27.9. The zero-order valence-corrected chi connectivity index (χ0v) is 12.0. The van der Waals surface area contributed by atoms with Crippen LogP contribution in [0.5, 0.6) is 0 Å². The van der Waals surface area contributed by atoms with Crippen LogP contribution in [0.4, 0.5) is 0 Å². The Kier molecular flexibility index (Phi) is 4.00. The first-order chi connectivity index (χ1) is 7.56. The number of rotatable bonds is 3. The van der Waals surface area contributed by atoms with E-state index in [2.05, 4.69) is 25.7 Å². The minimum absolute atomic E-state index is 0.0876. The third-order valence-corrected chi connectivity index (χ3v) is 4.31. The van der Waals surface area contributed by atoms with E-state index in [1.54, 1.807) is 0 Å². The van der Waals surface area contributed by atoms with E-state index in [1.165, 1.54) is 0 Å². The number of hydrogen-bond acceptors (Lipinski definition) is 4. The molecule has 0 bridgehead atoms. The molecule has 0 aliphatic carbocycles. The molecule has 0 saturated carbocycles. The molecule has 1 saturated heterocycles. The van der Waals surface area contributed by atoms with Crippen LogP contribution in [0.2, 0.25) is 19.6 Å². The van der Waals surface area contributed by atoms with E-state index in [4.69, 9.17) is 13.9 Å². The van der Waals surface area contributed by atoms with Gasteiger partial charge in [-0.1, -0.05) is 0 Å². The monoisotopic (exact) mass is 260 g/mol. The molecule has 2 aliphatic rings. The zero-order valence-electron chi connectivity index (χ0n) is 10.2. The Morgan fingerprint density at radius 2 is 2.00 bits per heavy atom. The van der Waals surface area contributed by atoms with Gasteiger partial charge in [-0.15, -0.1) is 0 Å². The average Bonchev–Trinajstić information content (AvgIpc) is 2.69. The van der Waals surface area contributed by atoms with Crippen LogP contribution in [0.15, 0.2) is 11.8 Å². The van der Waals surface area contributed by atoms with E-state index in [-0.39, 0.29) is 12.2 Å². The van der Waals surface area contributed by atoms with Crippen LogP contribution in [0, 0.1) is 5.92 Å². The first kappa shape index (κ1) is 12.5. The van der Waals surface area contributed by atoms with Crippen LogP contribution in [-0.2, 0) is 13.9 Å². The fourth-order valence-electron chi connectivity index (χ4n) is 1.86. The minimum Gasteiger partial charge on any atom is -0.547 e. The van der Waals surface area contributed by atoms with E-state index >= 15 is 0 Å². The molecule has 1 unspecified atom stereocenters. The third-order valence-electron chi connectivity index (χ3n) is 2.47. The lowest BCUT2D eigenvalue weighted by atomic mass is 10.1. The quantitative estimate of drug-likeness (QED) is 0.729. The summed E-state index contributed by atoms with van der Waals surface area (Å²) in [4.78, 5) is 0. The Bertz CT molecular complexity index is 269. The summed E-state index contributed by atoms with van der Waals surface area (Å²) >= 11 is 1.92. The van der Waals surface area contributed by atoms with E-state index in [9.17, 15) is 0 Å². The average molecular weight is 260 g/mol. The molecule has 0 aromatic rings. The molecular formula is C11H20O3SSi. The van der Waals surface area contributed by atoms with Crippen LogP contribution < -0.4 is 0 Å². The molecule has 92 valence electrons. The van der Waals surface area contributed by atoms with E-state index < -0.39 is 8.32 Å². The van der Waals surface area contributed by atoms with Crippen molar-refractivity contribution in [2.45, 2.75) is 25.9 Å². The van der Waals surface area contributed by atoms with Gasteiger partial charge < -0.3 is 13.9 Å². The van der Waals surface area contributed by atoms with Gasteiger partial charge in [0.25, 0.3) is 0 Å². The molecule has 0 N–H and O–H groups in total. The van der Waals surface area contributed by atoms with Crippen LogP contribution in [0.25, 0.3) is 0 Å². The number of thioether (sulfide) groups is 1. The highest BCUT2D eigenvalue weighted by molar-refractivity contribution is 7.99. The summed E-state index contributed by atoms with van der Waals surface area (Å²) in [5.74, 6) is 3.47. The number of ether oxygens (including phenoxy) is 2. The molecule has 3 nitrogen and oxygen atoms in total. The van der Waals surface area contributed by atoms with Crippen molar-refractivity contribution in [3.05, 3.63) is 11.8 Å². The van der Waals surface area contributed by atoms with E-state index in [1.807, 2.05) is 11.8 Å². The maximum atomic E-state index is 6.13. The Balaban J connectivity index is 2.04. The van der Waals surface area contributed by atoms with Gasteiger partial charge in [-0.2, -0.15) is 11.8 Å². The summed E-state index contributed by atoms with van der Waals surface area (Å²) in [6.07, 6.45) is 2.11. The topological polar surface area (TPSA) is 27.7 Å². The third kappa shape index (κ3) is 3.26. The van der Waals surface area contributed by atoms with Crippen molar-refractivity contribution in [2.24, 2.45) is 5.92 Å². The molecule has 2 rings (SSSR count). The molecular weight excluding hydrogens is 240 g/mol. The Labute approximate surface area is 103 Å². The first-order valence-electron chi connectivity index (χ1n) is 5.76. The van der Waals surface area contributed by atoms with E-state index in [0.29, 0.717) is 13.2 Å².